The Balaban J connectivity index is 1.38. The second-order valence-corrected chi connectivity index (χ2v) is 13.0. The van der Waals surface area contributed by atoms with E-state index in [2.05, 4.69) is 5.43 Å². The van der Waals surface area contributed by atoms with Gasteiger partial charge < -0.3 is 35.6 Å². The molecule has 3 aliphatic rings. The van der Waals surface area contributed by atoms with Crippen molar-refractivity contribution in [2.75, 3.05) is 19.1 Å². The number of anilines is 1. The normalized spacial score (nSPS) is 22.3. The highest BCUT2D eigenvalue weighted by Crippen LogP contribution is 2.53. The number of fused-ring (bicyclic) bond motifs is 3. The number of benzene rings is 3. The van der Waals surface area contributed by atoms with Crippen molar-refractivity contribution in [2.24, 2.45) is 17.6 Å². The van der Waals surface area contributed by atoms with Crippen molar-refractivity contribution in [2.45, 2.75) is 37.7 Å². The lowest BCUT2D eigenvalue weighted by Crippen LogP contribution is -2.65. The van der Waals surface area contributed by atoms with Gasteiger partial charge in [-0.15, -0.1) is 0 Å². The average Bonchev–Trinajstić information content (AvgIpc) is 3.11. The maximum atomic E-state index is 14.2. The van der Waals surface area contributed by atoms with Crippen molar-refractivity contribution in [3.63, 3.8) is 0 Å². The van der Waals surface area contributed by atoms with Crippen molar-refractivity contribution < 1.29 is 53.9 Å². The number of carbonyl (C=O) groups is 5. The summed E-state index contributed by atoms with van der Waals surface area (Å²) in [5.74, 6) is -8.18. The molecule has 0 saturated heterocycles. The van der Waals surface area contributed by atoms with Gasteiger partial charge in [-0.05, 0) is 55.6 Å². The van der Waals surface area contributed by atoms with E-state index in [9.17, 15) is 44.4 Å². The molecule has 0 radical (unpaired) electrons. The number of nitrogens with two attached hydrogens (primary N) is 1. The Kier molecular flexibility index (Phi) is 9.49. The molecule has 2 unspecified atom stereocenters. The summed E-state index contributed by atoms with van der Waals surface area (Å²) < 4.78 is 10.7. The molecular formula is C37H36N4O11. The zero-order valence-corrected chi connectivity index (χ0v) is 28.1. The van der Waals surface area contributed by atoms with Crippen LogP contribution in [-0.4, -0.2) is 80.7 Å². The van der Waals surface area contributed by atoms with Crippen LogP contribution in [-0.2, 0) is 43.5 Å². The van der Waals surface area contributed by atoms with E-state index in [0.717, 1.165) is 0 Å². The van der Waals surface area contributed by atoms with Crippen molar-refractivity contribution in [3.8, 4) is 5.75 Å². The van der Waals surface area contributed by atoms with Gasteiger partial charge >= 0.3 is 12.2 Å². The first-order valence-electron chi connectivity index (χ1n) is 16.2. The van der Waals surface area contributed by atoms with Gasteiger partial charge in [0.15, 0.2) is 17.1 Å². The molecule has 270 valence electrons. The molecule has 15 heteroatoms. The molecule has 1 fully saturated rings. The molecule has 0 aliphatic heterocycles. The lowest BCUT2D eigenvalue weighted by molar-refractivity contribution is -0.153. The number of nitrogens with zero attached hydrogens (tertiary/aromatic N) is 2. The Morgan fingerprint density at radius 1 is 0.904 bits per heavy atom. The number of aliphatic hydroxyl groups is 3. The van der Waals surface area contributed by atoms with Crippen LogP contribution in [0.1, 0.15) is 28.7 Å². The third-order valence-corrected chi connectivity index (χ3v) is 9.62. The SMILES string of the molecule is CN(C)[C@@H]1C(=O)C(C(N)=O)=C(O)[C@@]2(O)C(=O)C3=C(O)c4c(ccc(N(NC(=O)OCc5ccccc5)C(=O)OCc5ccccc5)c4O)CC3CC12. The summed E-state index contributed by atoms with van der Waals surface area (Å²) in [4.78, 5) is 67.6. The number of nitrogens with one attached hydrogen (secondary N) is 1. The second kappa shape index (κ2) is 13.8. The van der Waals surface area contributed by atoms with E-state index >= 15 is 0 Å². The average molecular weight is 713 g/mol. The Hall–Kier alpha value is -6.19. The summed E-state index contributed by atoms with van der Waals surface area (Å²) in [6, 6.07) is 18.9. The number of aromatic hydroxyl groups is 1. The van der Waals surface area contributed by atoms with Crippen molar-refractivity contribution in [3.05, 3.63) is 112 Å². The lowest BCUT2D eigenvalue weighted by atomic mass is 9.57. The summed E-state index contributed by atoms with van der Waals surface area (Å²) in [6.45, 7) is -0.371. The van der Waals surface area contributed by atoms with E-state index in [1.165, 1.54) is 31.1 Å². The summed E-state index contributed by atoms with van der Waals surface area (Å²) >= 11 is 0. The number of primary amides is 1. The van der Waals surface area contributed by atoms with E-state index in [0.29, 0.717) is 21.7 Å². The minimum atomic E-state index is -2.82. The molecule has 52 heavy (non-hydrogen) atoms. The van der Waals surface area contributed by atoms with Crippen LogP contribution in [0.5, 0.6) is 5.75 Å². The molecule has 7 N–H and O–H groups in total. The molecule has 1 saturated carbocycles. The van der Waals surface area contributed by atoms with Crippen molar-refractivity contribution in [1.29, 1.82) is 0 Å². The number of phenols is 1. The Morgan fingerprint density at radius 2 is 1.50 bits per heavy atom. The number of hydrazine groups is 1. The van der Waals surface area contributed by atoms with Crippen LogP contribution in [0.25, 0.3) is 5.76 Å². The van der Waals surface area contributed by atoms with Gasteiger partial charge in [0.2, 0.25) is 5.78 Å². The first kappa shape index (κ1) is 35.6. The van der Waals surface area contributed by atoms with Crippen molar-refractivity contribution >= 4 is 41.1 Å². The number of carbonyl (C=O) groups excluding carboxylic acids is 5. The van der Waals surface area contributed by atoms with Crippen LogP contribution in [0.2, 0.25) is 0 Å². The second-order valence-electron chi connectivity index (χ2n) is 13.0. The lowest BCUT2D eigenvalue weighted by Gasteiger charge is -2.50. The maximum Gasteiger partial charge on any atom is 0.434 e. The number of Topliss-reactive ketones (excluding diaryl/α,β-unsaturated/α-hetero) is 2. The van der Waals surface area contributed by atoms with E-state index in [-0.39, 0.29) is 42.9 Å². The van der Waals surface area contributed by atoms with Gasteiger partial charge in [-0.3, -0.25) is 19.3 Å². The van der Waals surface area contributed by atoms with Gasteiger partial charge in [0, 0.05) is 11.5 Å². The molecule has 0 spiro atoms. The highest BCUT2D eigenvalue weighted by atomic mass is 16.6. The third kappa shape index (κ3) is 6.09. The predicted octanol–water partition coefficient (Wildman–Crippen LogP) is 2.95. The number of phenolic OH excluding ortho intramolecular Hbond substituents is 1. The number of rotatable bonds is 7. The Morgan fingerprint density at radius 3 is 2.08 bits per heavy atom. The molecule has 4 atom stereocenters. The van der Waals surface area contributed by atoms with Gasteiger partial charge in [-0.25, -0.2) is 15.0 Å². The molecular weight excluding hydrogens is 676 g/mol. The minimum Gasteiger partial charge on any atom is -0.508 e. The van der Waals surface area contributed by atoms with Crippen LogP contribution < -0.4 is 16.2 Å². The third-order valence-electron chi connectivity index (χ3n) is 9.62. The monoisotopic (exact) mass is 712 g/mol. The zero-order chi connectivity index (χ0) is 37.5. The van der Waals surface area contributed by atoms with E-state index < -0.39 is 76.0 Å². The highest BCUT2D eigenvalue weighted by Gasteiger charge is 2.64. The van der Waals surface area contributed by atoms with Crippen LogP contribution in [0, 0.1) is 11.8 Å². The molecule has 15 nitrogen and oxygen atoms in total. The number of amides is 3. The van der Waals surface area contributed by atoms with E-state index in [4.69, 9.17) is 15.2 Å². The Labute approximate surface area is 297 Å². The van der Waals surface area contributed by atoms with Gasteiger partial charge in [0.25, 0.3) is 5.91 Å². The molecule has 3 aromatic carbocycles. The highest BCUT2D eigenvalue weighted by molar-refractivity contribution is 6.24. The summed E-state index contributed by atoms with van der Waals surface area (Å²) in [6.07, 6.45) is -2.31. The molecule has 0 bridgehead atoms. The number of likely N-dealkylation sites (N-methyl/N-ethyl adjacent to an activating group) is 1. The quantitative estimate of drug-likeness (QED) is 0.153. The minimum absolute atomic E-state index is 0.0212. The number of hydrogen-bond acceptors (Lipinski definition) is 12. The van der Waals surface area contributed by atoms with Crippen LogP contribution in [0.3, 0.4) is 0 Å². The first-order valence-corrected chi connectivity index (χ1v) is 16.2. The largest absolute Gasteiger partial charge is 0.508 e. The fraction of sp³-hybridized carbons (Fsp3) is 0.270. The van der Waals surface area contributed by atoms with Crippen LogP contribution in [0.15, 0.2) is 89.7 Å². The summed E-state index contributed by atoms with van der Waals surface area (Å²) in [5, 5.41) is 46.8. The van der Waals surface area contributed by atoms with E-state index in [1.54, 1.807) is 60.7 Å². The van der Waals surface area contributed by atoms with Crippen molar-refractivity contribution in [1.82, 2.24) is 10.3 Å². The Bertz CT molecular complexity index is 2030. The molecule has 0 heterocycles. The summed E-state index contributed by atoms with van der Waals surface area (Å²) in [5.41, 5.74) is 4.46. The molecule has 3 amide bonds. The topological polar surface area (TPSA) is 229 Å². The zero-order valence-electron chi connectivity index (χ0n) is 28.1. The van der Waals surface area contributed by atoms with Gasteiger partial charge in [0.05, 0.1) is 11.6 Å². The molecule has 0 aromatic heterocycles. The van der Waals surface area contributed by atoms with E-state index in [1.807, 2.05) is 0 Å². The molecule has 3 aliphatic carbocycles. The fourth-order valence-corrected chi connectivity index (χ4v) is 7.22. The maximum absolute atomic E-state index is 14.2. The number of hydrogen-bond donors (Lipinski definition) is 6. The molecule has 6 rings (SSSR count). The fourth-order valence-electron chi connectivity index (χ4n) is 7.22. The number of ether oxygens (including phenoxy) is 2. The van der Waals surface area contributed by atoms with Gasteiger partial charge in [0.1, 0.15) is 36.0 Å². The standard InChI is InChI=1S/C37H36N4O11/c1-40(2)28-23-16-22-15-21-13-14-24(29(42)25(21)30(43)26(22)32(45)37(23,50)33(46)27(31(28)44)34(38)47)41(36(49)52-18-20-11-7-4-8-12-20)39-35(48)51-17-19-9-5-3-6-10-19/h3-14,22-23,28,42-43,46,50H,15-18H2,1-2H3,(H2,38,47)(H,39,48)/t22?,23?,28-,37-/m0/s1. The number of ketones is 2. The predicted molar refractivity (Wildman–Crippen MR) is 183 cm³/mol. The van der Waals surface area contributed by atoms with Crippen LogP contribution >= 0.6 is 0 Å². The van der Waals surface area contributed by atoms with Crippen LogP contribution in [0.4, 0.5) is 15.3 Å². The van der Waals surface area contributed by atoms with Gasteiger partial charge in [-0.1, -0.05) is 66.7 Å². The number of aliphatic hydroxyl groups excluding tert-OH is 2. The first-order chi connectivity index (χ1) is 24.7. The summed E-state index contributed by atoms with van der Waals surface area (Å²) in [7, 11) is 3.02. The van der Waals surface area contributed by atoms with Gasteiger partial charge in [-0.2, -0.15) is 5.01 Å². The molecule has 3 aromatic rings. The smallest absolute Gasteiger partial charge is 0.434 e.